The van der Waals surface area contributed by atoms with E-state index >= 15 is 0 Å². The summed E-state index contributed by atoms with van der Waals surface area (Å²) in [4.78, 5) is 6.51. The largest absolute Gasteiger partial charge is 0.348 e. The third-order valence-corrected chi connectivity index (χ3v) is 4.98. The summed E-state index contributed by atoms with van der Waals surface area (Å²) in [5.41, 5.74) is 3.28. The molecule has 6 heteroatoms. The van der Waals surface area contributed by atoms with Gasteiger partial charge in [0, 0.05) is 48.1 Å². The van der Waals surface area contributed by atoms with Crippen LogP contribution in [-0.4, -0.2) is 26.1 Å². The van der Waals surface area contributed by atoms with Crippen molar-refractivity contribution in [2.24, 2.45) is 0 Å². The Labute approximate surface area is 157 Å². The fraction of sp³-hybridized carbons (Fsp3) is 0.158. The van der Waals surface area contributed by atoms with E-state index < -0.39 is 0 Å². The lowest BCUT2D eigenvalue weighted by Crippen LogP contribution is -2.44. The SMILES string of the molecule is S=C(Nc1ccc(Cl)cc1)N1CCn2cccc2[C@@H]1c1cccnc1. The highest BCUT2D eigenvalue weighted by Gasteiger charge is 2.30. The minimum Gasteiger partial charge on any atom is -0.348 e. The highest BCUT2D eigenvalue weighted by Crippen LogP contribution is 2.32. The van der Waals surface area contributed by atoms with Crippen LogP contribution in [0.5, 0.6) is 0 Å². The van der Waals surface area contributed by atoms with Crippen LogP contribution < -0.4 is 5.32 Å². The van der Waals surface area contributed by atoms with Gasteiger partial charge in [0.1, 0.15) is 0 Å². The molecule has 1 atom stereocenters. The minimum atomic E-state index is 0.0461. The first-order valence-electron chi connectivity index (χ1n) is 8.10. The molecule has 0 unspecified atom stereocenters. The van der Waals surface area contributed by atoms with Crippen LogP contribution >= 0.6 is 23.8 Å². The number of benzene rings is 1. The number of pyridine rings is 1. The molecule has 0 bridgehead atoms. The second kappa shape index (κ2) is 6.86. The van der Waals surface area contributed by atoms with E-state index in [2.05, 4.69) is 44.2 Å². The molecule has 0 aliphatic carbocycles. The number of hydrogen-bond acceptors (Lipinski definition) is 2. The van der Waals surface area contributed by atoms with Gasteiger partial charge in [-0.25, -0.2) is 0 Å². The monoisotopic (exact) mass is 368 g/mol. The second-order valence-corrected chi connectivity index (χ2v) is 6.77. The average Bonchev–Trinajstić information content (AvgIpc) is 3.12. The first-order chi connectivity index (χ1) is 12.2. The van der Waals surface area contributed by atoms with Gasteiger partial charge in [-0.2, -0.15) is 0 Å². The van der Waals surface area contributed by atoms with Crippen LogP contribution in [0.4, 0.5) is 5.69 Å². The number of hydrogen-bond donors (Lipinski definition) is 1. The van der Waals surface area contributed by atoms with Crippen LogP contribution in [0.2, 0.25) is 5.02 Å². The number of thiocarbonyl (C=S) groups is 1. The Morgan fingerprint density at radius 3 is 2.72 bits per heavy atom. The van der Waals surface area contributed by atoms with E-state index in [4.69, 9.17) is 23.8 Å². The summed E-state index contributed by atoms with van der Waals surface area (Å²) in [6.45, 7) is 1.74. The maximum absolute atomic E-state index is 5.96. The summed E-state index contributed by atoms with van der Waals surface area (Å²) in [6.07, 6.45) is 5.82. The molecule has 4 rings (SSSR count). The van der Waals surface area contributed by atoms with Gasteiger partial charge in [0.05, 0.1) is 6.04 Å². The van der Waals surface area contributed by atoms with Crippen molar-refractivity contribution in [2.45, 2.75) is 12.6 Å². The number of halogens is 1. The summed E-state index contributed by atoms with van der Waals surface area (Å²) >= 11 is 11.7. The van der Waals surface area contributed by atoms with Crippen molar-refractivity contribution in [1.82, 2.24) is 14.5 Å². The highest BCUT2D eigenvalue weighted by molar-refractivity contribution is 7.80. The van der Waals surface area contributed by atoms with E-state index in [-0.39, 0.29) is 6.04 Å². The molecule has 1 aliphatic heterocycles. The molecule has 1 N–H and O–H groups in total. The first-order valence-corrected chi connectivity index (χ1v) is 8.89. The number of fused-ring (bicyclic) bond motifs is 1. The maximum atomic E-state index is 5.96. The normalized spacial score (nSPS) is 16.4. The van der Waals surface area contributed by atoms with Crippen LogP contribution in [0.25, 0.3) is 0 Å². The standard InChI is InChI=1S/C19H17ClN4S/c20-15-5-7-16(8-6-15)22-19(25)24-12-11-23-10-2-4-17(23)18(24)14-3-1-9-21-13-14/h1-10,13,18H,11-12H2,(H,22,25)/t18-/m0/s1. The third-order valence-electron chi connectivity index (χ3n) is 4.39. The molecule has 0 spiro atoms. The molecular weight excluding hydrogens is 352 g/mol. The Morgan fingerprint density at radius 1 is 1.12 bits per heavy atom. The number of nitrogens with one attached hydrogen (secondary N) is 1. The van der Waals surface area contributed by atoms with Crippen LogP contribution in [-0.2, 0) is 6.54 Å². The Kier molecular flexibility index (Phi) is 4.42. The molecule has 0 fully saturated rings. The molecule has 3 aromatic rings. The number of anilines is 1. The van der Waals surface area contributed by atoms with Gasteiger partial charge in [-0.05, 0) is 60.2 Å². The van der Waals surface area contributed by atoms with Gasteiger partial charge in [-0.15, -0.1) is 0 Å². The van der Waals surface area contributed by atoms with Crippen LogP contribution in [0.3, 0.4) is 0 Å². The van der Waals surface area contributed by atoms with E-state index in [0.717, 1.165) is 24.3 Å². The van der Waals surface area contributed by atoms with E-state index in [1.54, 1.807) is 6.20 Å². The zero-order chi connectivity index (χ0) is 17.2. The molecule has 0 radical (unpaired) electrons. The molecule has 25 heavy (non-hydrogen) atoms. The van der Waals surface area contributed by atoms with Crippen LogP contribution in [0.1, 0.15) is 17.3 Å². The smallest absolute Gasteiger partial charge is 0.174 e. The molecule has 3 heterocycles. The fourth-order valence-corrected chi connectivity index (χ4v) is 3.66. The zero-order valence-corrected chi connectivity index (χ0v) is 15.0. The highest BCUT2D eigenvalue weighted by atomic mass is 35.5. The van der Waals surface area contributed by atoms with Gasteiger partial charge in [-0.1, -0.05) is 17.7 Å². The van der Waals surface area contributed by atoms with Crippen molar-refractivity contribution >= 4 is 34.6 Å². The van der Waals surface area contributed by atoms with Gasteiger partial charge < -0.3 is 14.8 Å². The van der Waals surface area contributed by atoms with E-state index in [9.17, 15) is 0 Å². The maximum Gasteiger partial charge on any atom is 0.174 e. The minimum absolute atomic E-state index is 0.0461. The molecule has 0 amide bonds. The van der Waals surface area contributed by atoms with Crippen molar-refractivity contribution in [2.75, 3.05) is 11.9 Å². The van der Waals surface area contributed by atoms with Gasteiger partial charge in [0.15, 0.2) is 5.11 Å². The van der Waals surface area contributed by atoms with Crippen LogP contribution in [0, 0.1) is 0 Å². The first kappa shape index (κ1) is 16.1. The number of aromatic nitrogens is 2. The predicted octanol–water partition coefficient (Wildman–Crippen LogP) is 4.34. The summed E-state index contributed by atoms with van der Waals surface area (Å²) < 4.78 is 2.28. The van der Waals surface area contributed by atoms with Crippen molar-refractivity contribution in [3.05, 3.63) is 83.4 Å². The molecular formula is C19H17ClN4S. The topological polar surface area (TPSA) is 33.1 Å². The van der Waals surface area contributed by atoms with E-state index in [1.807, 2.05) is 36.5 Å². The summed E-state index contributed by atoms with van der Waals surface area (Å²) in [5, 5.41) is 4.74. The Balaban J connectivity index is 1.65. The zero-order valence-electron chi connectivity index (χ0n) is 13.5. The molecule has 0 saturated heterocycles. The lowest BCUT2D eigenvalue weighted by molar-refractivity contribution is 0.293. The Bertz CT molecular complexity index is 876. The van der Waals surface area contributed by atoms with Crippen LogP contribution in [0.15, 0.2) is 67.1 Å². The average molecular weight is 369 g/mol. The van der Waals surface area contributed by atoms with Gasteiger partial charge >= 0.3 is 0 Å². The number of rotatable bonds is 2. The van der Waals surface area contributed by atoms with Gasteiger partial charge in [0.25, 0.3) is 0 Å². The molecule has 126 valence electrons. The molecule has 1 aliphatic rings. The molecule has 4 nitrogen and oxygen atoms in total. The quantitative estimate of drug-likeness (QED) is 0.682. The van der Waals surface area contributed by atoms with Crippen molar-refractivity contribution in [3.8, 4) is 0 Å². The molecule has 0 saturated carbocycles. The van der Waals surface area contributed by atoms with Gasteiger partial charge in [-0.3, -0.25) is 4.98 Å². The second-order valence-electron chi connectivity index (χ2n) is 5.95. The fourth-order valence-electron chi connectivity index (χ4n) is 3.22. The lowest BCUT2D eigenvalue weighted by atomic mass is 10.0. The molecule has 2 aromatic heterocycles. The van der Waals surface area contributed by atoms with E-state index in [0.29, 0.717) is 10.1 Å². The van der Waals surface area contributed by atoms with Crippen molar-refractivity contribution in [3.63, 3.8) is 0 Å². The van der Waals surface area contributed by atoms with Crippen molar-refractivity contribution < 1.29 is 0 Å². The Morgan fingerprint density at radius 2 is 1.96 bits per heavy atom. The van der Waals surface area contributed by atoms with Crippen molar-refractivity contribution in [1.29, 1.82) is 0 Å². The summed E-state index contributed by atoms with van der Waals surface area (Å²) in [7, 11) is 0. The lowest BCUT2D eigenvalue weighted by Gasteiger charge is -2.38. The summed E-state index contributed by atoms with van der Waals surface area (Å²) in [5.74, 6) is 0. The molecule has 1 aromatic carbocycles. The predicted molar refractivity (Wildman–Crippen MR) is 105 cm³/mol. The Hall–Kier alpha value is -2.37. The third kappa shape index (κ3) is 3.25. The number of nitrogens with zero attached hydrogens (tertiary/aromatic N) is 3. The summed E-state index contributed by atoms with van der Waals surface area (Å²) in [6, 6.07) is 15.9. The van der Waals surface area contributed by atoms with Gasteiger partial charge in [0.2, 0.25) is 0 Å². The van der Waals surface area contributed by atoms with E-state index in [1.165, 1.54) is 5.69 Å².